The molecular formula is C9H5IN4. The van der Waals surface area contributed by atoms with Crippen LogP contribution in [0.2, 0.25) is 0 Å². The zero-order chi connectivity index (χ0) is 9.97. The largest absolute Gasteiger partial charge is 0.236 e. The number of aromatic nitrogens is 3. The van der Waals surface area contributed by atoms with Crippen LogP contribution in [0.5, 0.6) is 0 Å². The predicted molar refractivity (Wildman–Crippen MR) is 58.8 cm³/mol. The molecule has 0 unspecified atom stereocenters. The summed E-state index contributed by atoms with van der Waals surface area (Å²) < 4.78 is 2.61. The molecule has 4 nitrogen and oxygen atoms in total. The van der Waals surface area contributed by atoms with Crippen LogP contribution >= 0.6 is 22.6 Å². The second kappa shape index (κ2) is 3.75. The summed E-state index contributed by atoms with van der Waals surface area (Å²) in [5, 5.41) is 12.9. The van der Waals surface area contributed by atoms with Gasteiger partial charge in [-0.1, -0.05) is 0 Å². The molecule has 0 amide bonds. The summed E-state index contributed by atoms with van der Waals surface area (Å²) in [6, 6.07) is 5.53. The first-order valence-corrected chi connectivity index (χ1v) is 4.95. The molecule has 0 radical (unpaired) electrons. The number of nitrogens with zero attached hydrogens (tertiary/aromatic N) is 4. The van der Waals surface area contributed by atoms with Gasteiger partial charge in [-0.05, 0) is 34.7 Å². The topological polar surface area (TPSA) is 54.5 Å². The van der Waals surface area contributed by atoms with E-state index in [1.165, 1.54) is 0 Å². The molecule has 2 heterocycles. The summed E-state index contributed by atoms with van der Waals surface area (Å²) >= 11 is 2.16. The van der Waals surface area contributed by atoms with E-state index in [0.717, 1.165) is 3.57 Å². The van der Waals surface area contributed by atoms with Gasteiger partial charge in [0.05, 0.1) is 15.3 Å². The first-order valence-electron chi connectivity index (χ1n) is 3.87. The van der Waals surface area contributed by atoms with E-state index in [1.807, 2.05) is 6.20 Å². The van der Waals surface area contributed by atoms with Crippen LogP contribution in [0, 0.1) is 14.9 Å². The van der Waals surface area contributed by atoms with Crippen molar-refractivity contribution in [2.75, 3.05) is 0 Å². The van der Waals surface area contributed by atoms with Crippen LogP contribution in [-0.2, 0) is 0 Å². The molecule has 0 N–H and O–H groups in total. The minimum Gasteiger partial charge on any atom is -0.236 e. The van der Waals surface area contributed by atoms with Gasteiger partial charge in [0.2, 0.25) is 0 Å². The third kappa shape index (κ3) is 1.61. The Labute approximate surface area is 94.3 Å². The van der Waals surface area contributed by atoms with E-state index in [0.29, 0.717) is 11.4 Å². The molecule has 14 heavy (non-hydrogen) atoms. The molecule has 0 aromatic carbocycles. The minimum atomic E-state index is 0.520. The highest BCUT2D eigenvalue weighted by Crippen LogP contribution is 2.11. The van der Waals surface area contributed by atoms with Crippen molar-refractivity contribution in [3.8, 4) is 11.9 Å². The van der Waals surface area contributed by atoms with Crippen LogP contribution in [0.3, 0.4) is 0 Å². The maximum atomic E-state index is 8.85. The molecule has 0 aliphatic rings. The van der Waals surface area contributed by atoms with Crippen molar-refractivity contribution in [2.24, 2.45) is 0 Å². The summed E-state index contributed by atoms with van der Waals surface area (Å²) in [5.74, 6) is 0.568. The zero-order valence-corrected chi connectivity index (χ0v) is 9.21. The summed E-state index contributed by atoms with van der Waals surface area (Å²) in [6.07, 6.45) is 5.19. The molecule has 0 fully saturated rings. The van der Waals surface area contributed by atoms with Crippen molar-refractivity contribution < 1.29 is 0 Å². The van der Waals surface area contributed by atoms with Crippen LogP contribution in [0.1, 0.15) is 5.56 Å². The minimum absolute atomic E-state index is 0.520. The number of pyridine rings is 1. The smallest absolute Gasteiger partial charge is 0.171 e. The van der Waals surface area contributed by atoms with Crippen LogP contribution in [0.15, 0.2) is 30.7 Å². The highest BCUT2D eigenvalue weighted by Gasteiger charge is 2.05. The van der Waals surface area contributed by atoms with Crippen molar-refractivity contribution >= 4 is 22.6 Å². The fraction of sp³-hybridized carbons (Fsp3) is 0. The molecule has 0 aliphatic carbocycles. The van der Waals surface area contributed by atoms with E-state index in [-0.39, 0.29) is 0 Å². The predicted octanol–water partition coefficient (Wildman–Crippen LogP) is 1.74. The third-order valence-corrected chi connectivity index (χ3v) is 2.23. The monoisotopic (exact) mass is 296 g/mol. The Morgan fingerprint density at radius 3 is 3.00 bits per heavy atom. The van der Waals surface area contributed by atoms with E-state index >= 15 is 0 Å². The number of rotatable bonds is 1. The van der Waals surface area contributed by atoms with Crippen LogP contribution < -0.4 is 0 Å². The first-order chi connectivity index (χ1) is 6.81. The molecule has 2 rings (SSSR count). The third-order valence-electron chi connectivity index (χ3n) is 1.68. The van der Waals surface area contributed by atoms with Crippen LogP contribution in [0.25, 0.3) is 5.82 Å². The Balaban J connectivity index is 2.57. The Morgan fingerprint density at radius 1 is 1.50 bits per heavy atom. The highest BCUT2D eigenvalue weighted by atomic mass is 127. The van der Waals surface area contributed by atoms with Crippen LogP contribution in [-0.4, -0.2) is 14.8 Å². The van der Waals surface area contributed by atoms with Crippen molar-refractivity contribution in [1.29, 1.82) is 5.26 Å². The SMILES string of the molecule is N#Cc1cccnc1-n1cc(I)cn1. The molecule has 0 saturated carbocycles. The lowest BCUT2D eigenvalue weighted by Gasteiger charge is -2.00. The Hall–Kier alpha value is -1.42. The zero-order valence-electron chi connectivity index (χ0n) is 7.05. The van der Waals surface area contributed by atoms with Gasteiger partial charge in [0.25, 0.3) is 0 Å². The normalized spacial score (nSPS) is 9.71. The van der Waals surface area contributed by atoms with Gasteiger partial charge >= 0.3 is 0 Å². The summed E-state index contributed by atoms with van der Waals surface area (Å²) in [7, 11) is 0. The standard InChI is InChI=1S/C9H5IN4/c10-8-5-13-14(6-8)9-7(4-11)2-1-3-12-9/h1-3,5-6H. The maximum absolute atomic E-state index is 8.85. The lowest BCUT2D eigenvalue weighted by atomic mass is 10.3. The van der Waals surface area contributed by atoms with Crippen molar-refractivity contribution in [2.45, 2.75) is 0 Å². The molecular weight excluding hydrogens is 291 g/mol. The molecule has 0 spiro atoms. The van der Waals surface area contributed by atoms with Gasteiger partial charge in [-0.15, -0.1) is 0 Å². The molecule has 0 bridgehead atoms. The van der Waals surface area contributed by atoms with Gasteiger partial charge < -0.3 is 0 Å². The maximum Gasteiger partial charge on any atom is 0.171 e. The number of nitriles is 1. The molecule has 0 atom stereocenters. The number of hydrogen-bond donors (Lipinski definition) is 0. The molecule has 0 aliphatic heterocycles. The average Bonchev–Trinajstić information content (AvgIpc) is 2.65. The number of halogens is 1. The van der Waals surface area contributed by atoms with E-state index in [9.17, 15) is 0 Å². The van der Waals surface area contributed by atoms with E-state index in [1.54, 1.807) is 29.2 Å². The Bertz CT molecular complexity index is 498. The molecule has 2 aromatic heterocycles. The second-order valence-electron chi connectivity index (χ2n) is 2.59. The van der Waals surface area contributed by atoms with Gasteiger partial charge in [0.1, 0.15) is 6.07 Å². The van der Waals surface area contributed by atoms with E-state index < -0.39 is 0 Å². The Kier molecular flexibility index (Phi) is 2.45. The lowest BCUT2D eigenvalue weighted by Crippen LogP contribution is -2.00. The molecule has 2 aromatic rings. The second-order valence-corrected chi connectivity index (χ2v) is 3.84. The van der Waals surface area contributed by atoms with Gasteiger partial charge in [0, 0.05) is 12.4 Å². The van der Waals surface area contributed by atoms with E-state index in [4.69, 9.17) is 5.26 Å². The summed E-state index contributed by atoms with van der Waals surface area (Å²) in [5.41, 5.74) is 0.520. The summed E-state index contributed by atoms with van der Waals surface area (Å²) in [4.78, 5) is 4.11. The summed E-state index contributed by atoms with van der Waals surface area (Å²) in [6.45, 7) is 0. The lowest BCUT2D eigenvalue weighted by molar-refractivity contribution is 0.843. The molecule has 68 valence electrons. The van der Waals surface area contributed by atoms with Crippen molar-refractivity contribution in [3.63, 3.8) is 0 Å². The Morgan fingerprint density at radius 2 is 2.36 bits per heavy atom. The fourth-order valence-corrected chi connectivity index (χ4v) is 1.47. The van der Waals surface area contributed by atoms with Crippen LogP contribution in [0.4, 0.5) is 0 Å². The van der Waals surface area contributed by atoms with Gasteiger partial charge in [0.15, 0.2) is 5.82 Å². The quantitative estimate of drug-likeness (QED) is 0.753. The fourth-order valence-electron chi connectivity index (χ4n) is 1.08. The van der Waals surface area contributed by atoms with Crippen molar-refractivity contribution in [3.05, 3.63) is 39.9 Å². The highest BCUT2D eigenvalue weighted by molar-refractivity contribution is 14.1. The van der Waals surface area contributed by atoms with Gasteiger partial charge in [-0.25, -0.2) is 9.67 Å². The number of hydrogen-bond acceptors (Lipinski definition) is 3. The first kappa shape index (κ1) is 9.15. The molecule has 5 heteroatoms. The van der Waals surface area contributed by atoms with E-state index in [2.05, 4.69) is 38.7 Å². The van der Waals surface area contributed by atoms with Crippen molar-refractivity contribution in [1.82, 2.24) is 14.8 Å². The van der Waals surface area contributed by atoms with Gasteiger partial charge in [-0.2, -0.15) is 10.4 Å². The average molecular weight is 296 g/mol. The van der Waals surface area contributed by atoms with Gasteiger partial charge in [-0.3, -0.25) is 0 Å². The molecule has 0 saturated heterocycles.